The van der Waals surface area contributed by atoms with E-state index in [2.05, 4.69) is 5.32 Å². The van der Waals surface area contributed by atoms with Crippen molar-refractivity contribution < 1.29 is 14.0 Å². The molecule has 6 heteroatoms. The molecule has 4 rings (SSSR count). The summed E-state index contributed by atoms with van der Waals surface area (Å²) in [4.78, 5) is 26.9. The predicted octanol–water partition coefficient (Wildman–Crippen LogP) is 3.51. The van der Waals surface area contributed by atoms with Gasteiger partial charge in [-0.05, 0) is 49.1 Å². The topological polar surface area (TPSA) is 49.4 Å². The van der Waals surface area contributed by atoms with Crippen molar-refractivity contribution in [3.63, 3.8) is 0 Å². The summed E-state index contributed by atoms with van der Waals surface area (Å²) in [6, 6.07) is 13.4. The lowest BCUT2D eigenvalue weighted by Crippen LogP contribution is -2.47. The lowest BCUT2D eigenvalue weighted by Gasteiger charge is -2.32. The maximum absolute atomic E-state index is 13.3. The lowest BCUT2D eigenvalue weighted by atomic mass is 10.0. The minimum atomic E-state index is -0.533. The molecule has 1 heterocycles. The van der Waals surface area contributed by atoms with E-state index >= 15 is 0 Å². The van der Waals surface area contributed by atoms with E-state index in [1.807, 2.05) is 23.1 Å². The number of carbonyl (C=O) groups excluding carboxylic acids is 2. The van der Waals surface area contributed by atoms with Crippen molar-refractivity contribution in [1.82, 2.24) is 10.2 Å². The van der Waals surface area contributed by atoms with E-state index in [9.17, 15) is 14.0 Å². The van der Waals surface area contributed by atoms with E-state index in [-0.39, 0.29) is 34.8 Å². The maximum atomic E-state index is 13.3. The average molecular weight is 373 g/mol. The Morgan fingerprint density at radius 3 is 2.50 bits per heavy atom. The van der Waals surface area contributed by atoms with Gasteiger partial charge >= 0.3 is 0 Å². The highest BCUT2D eigenvalue weighted by molar-refractivity contribution is 6.31. The van der Waals surface area contributed by atoms with Crippen LogP contribution in [0, 0.1) is 11.7 Å². The Hall–Kier alpha value is -2.40. The molecule has 1 aliphatic carbocycles. The predicted molar refractivity (Wildman–Crippen MR) is 96.7 cm³/mol. The van der Waals surface area contributed by atoms with Crippen molar-refractivity contribution in [2.45, 2.75) is 24.9 Å². The number of nitrogens with zero attached hydrogens (tertiary/aromatic N) is 1. The quantitative estimate of drug-likeness (QED) is 0.896. The molecular weight excluding hydrogens is 355 g/mol. The number of carbonyl (C=O) groups is 2. The Bertz CT molecular complexity index is 858. The monoisotopic (exact) mass is 372 g/mol. The highest BCUT2D eigenvalue weighted by Gasteiger charge is 2.47. The van der Waals surface area contributed by atoms with E-state index in [1.165, 1.54) is 18.2 Å². The van der Waals surface area contributed by atoms with E-state index < -0.39 is 5.82 Å². The Morgan fingerprint density at radius 1 is 1.08 bits per heavy atom. The zero-order chi connectivity index (χ0) is 18.3. The summed E-state index contributed by atoms with van der Waals surface area (Å²) in [6.07, 6.45) is 1.62. The van der Waals surface area contributed by atoms with Crippen LogP contribution in [0.4, 0.5) is 4.39 Å². The highest BCUT2D eigenvalue weighted by atomic mass is 35.5. The Morgan fingerprint density at radius 2 is 1.85 bits per heavy atom. The van der Waals surface area contributed by atoms with Crippen LogP contribution in [0.3, 0.4) is 0 Å². The van der Waals surface area contributed by atoms with Crippen LogP contribution < -0.4 is 5.32 Å². The lowest BCUT2D eigenvalue weighted by molar-refractivity contribution is 0.0679. The van der Waals surface area contributed by atoms with Gasteiger partial charge in [0, 0.05) is 29.8 Å². The number of benzene rings is 2. The average Bonchev–Trinajstić information content (AvgIpc) is 3.24. The van der Waals surface area contributed by atoms with Crippen LogP contribution in [0.1, 0.15) is 33.6 Å². The molecule has 1 saturated carbocycles. The molecule has 0 radical (unpaired) electrons. The van der Waals surface area contributed by atoms with Gasteiger partial charge in [0.25, 0.3) is 11.8 Å². The molecule has 1 aliphatic heterocycles. The molecule has 2 aromatic rings. The van der Waals surface area contributed by atoms with Crippen molar-refractivity contribution in [2.75, 3.05) is 6.54 Å². The number of halogens is 2. The molecule has 0 unspecified atom stereocenters. The molecule has 2 aliphatic rings. The summed E-state index contributed by atoms with van der Waals surface area (Å²) >= 11 is 5.79. The van der Waals surface area contributed by atoms with Gasteiger partial charge in [0.1, 0.15) is 5.82 Å². The van der Waals surface area contributed by atoms with Gasteiger partial charge < -0.3 is 10.2 Å². The molecular formula is C20H18ClFN2O2. The zero-order valence-corrected chi connectivity index (χ0v) is 14.7. The van der Waals surface area contributed by atoms with Gasteiger partial charge in [0.05, 0.1) is 5.02 Å². The Kier molecular flexibility index (Phi) is 4.41. The fourth-order valence-electron chi connectivity index (χ4n) is 4.02. The first-order valence-electron chi connectivity index (χ1n) is 8.65. The van der Waals surface area contributed by atoms with Crippen LogP contribution >= 0.6 is 11.6 Å². The number of fused-ring (bicyclic) bond motifs is 2. The third kappa shape index (κ3) is 3.07. The summed E-state index contributed by atoms with van der Waals surface area (Å²) in [5, 5.41) is 3.05. The second kappa shape index (κ2) is 6.72. The van der Waals surface area contributed by atoms with Crippen LogP contribution in [0.25, 0.3) is 0 Å². The molecule has 134 valence electrons. The molecule has 2 amide bonds. The molecule has 0 aromatic heterocycles. The molecule has 2 aromatic carbocycles. The molecule has 3 atom stereocenters. The number of amides is 2. The minimum Gasteiger partial charge on any atom is -0.349 e. The fraction of sp³-hybridized carbons (Fsp3) is 0.300. The van der Waals surface area contributed by atoms with Crippen LogP contribution in [0.15, 0.2) is 48.5 Å². The maximum Gasteiger partial charge on any atom is 0.254 e. The van der Waals surface area contributed by atoms with Crippen LogP contribution in [-0.4, -0.2) is 35.3 Å². The smallest absolute Gasteiger partial charge is 0.254 e. The van der Waals surface area contributed by atoms with E-state index in [0.29, 0.717) is 17.7 Å². The van der Waals surface area contributed by atoms with Crippen molar-refractivity contribution >= 4 is 23.4 Å². The summed E-state index contributed by atoms with van der Waals surface area (Å²) in [6.45, 7) is 0.595. The first kappa shape index (κ1) is 17.0. The van der Waals surface area contributed by atoms with E-state index in [1.54, 1.807) is 12.1 Å². The second-order valence-electron chi connectivity index (χ2n) is 6.92. The van der Waals surface area contributed by atoms with Crippen molar-refractivity contribution in [1.29, 1.82) is 0 Å². The molecule has 26 heavy (non-hydrogen) atoms. The zero-order valence-electron chi connectivity index (χ0n) is 14.0. The number of rotatable bonds is 3. The summed E-state index contributed by atoms with van der Waals surface area (Å²) in [5.74, 6) is -0.499. The summed E-state index contributed by atoms with van der Waals surface area (Å²) in [5.41, 5.74) is 1.04. The number of likely N-dealkylation sites (tertiary alicyclic amines) is 1. The van der Waals surface area contributed by atoms with Gasteiger partial charge in [0.2, 0.25) is 0 Å². The number of hydrogen-bond acceptors (Lipinski definition) is 2. The van der Waals surface area contributed by atoms with Gasteiger partial charge in [-0.25, -0.2) is 4.39 Å². The highest BCUT2D eigenvalue weighted by Crippen LogP contribution is 2.39. The molecule has 1 N–H and O–H groups in total. The number of hydrogen-bond donors (Lipinski definition) is 1. The van der Waals surface area contributed by atoms with Gasteiger partial charge in [-0.1, -0.05) is 29.8 Å². The number of nitrogens with one attached hydrogen (secondary N) is 1. The van der Waals surface area contributed by atoms with E-state index in [0.717, 1.165) is 12.8 Å². The van der Waals surface area contributed by atoms with Gasteiger partial charge in [0.15, 0.2) is 0 Å². The molecule has 2 fully saturated rings. The normalized spacial score (nSPS) is 23.9. The third-order valence-electron chi connectivity index (χ3n) is 5.32. The molecule has 4 nitrogen and oxygen atoms in total. The van der Waals surface area contributed by atoms with Crippen LogP contribution in [0.2, 0.25) is 5.02 Å². The van der Waals surface area contributed by atoms with Crippen LogP contribution in [0.5, 0.6) is 0 Å². The van der Waals surface area contributed by atoms with Gasteiger partial charge in [-0.15, -0.1) is 0 Å². The first-order valence-corrected chi connectivity index (χ1v) is 9.02. The standard InChI is InChI=1S/C20H18ClFN2O2/c21-16-9-13(6-7-17(16)22)20(26)24-11-14-8-15(24)10-18(14)23-19(25)12-4-2-1-3-5-12/h1-7,9,14-15,18H,8,10-11H2,(H,23,25)/t14-,15-,18-/m0/s1. The third-order valence-corrected chi connectivity index (χ3v) is 5.61. The molecule has 0 spiro atoms. The van der Waals surface area contributed by atoms with Crippen molar-refractivity contribution in [3.8, 4) is 0 Å². The van der Waals surface area contributed by atoms with Gasteiger partial charge in [-0.3, -0.25) is 9.59 Å². The number of piperidine rings is 1. The van der Waals surface area contributed by atoms with E-state index in [4.69, 9.17) is 11.6 Å². The Labute approximate surface area is 155 Å². The largest absolute Gasteiger partial charge is 0.349 e. The summed E-state index contributed by atoms with van der Waals surface area (Å²) < 4.78 is 13.3. The second-order valence-corrected chi connectivity index (χ2v) is 7.32. The molecule has 1 saturated heterocycles. The summed E-state index contributed by atoms with van der Waals surface area (Å²) in [7, 11) is 0. The fourth-order valence-corrected chi connectivity index (χ4v) is 4.20. The van der Waals surface area contributed by atoms with Crippen LogP contribution in [-0.2, 0) is 0 Å². The van der Waals surface area contributed by atoms with Crippen molar-refractivity contribution in [3.05, 3.63) is 70.5 Å². The minimum absolute atomic E-state index is 0.0480. The Balaban J connectivity index is 1.41. The van der Waals surface area contributed by atoms with Crippen molar-refractivity contribution in [2.24, 2.45) is 5.92 Å². The first-order chi connectivity index (χ1) is 12.5. The SMILES string of the molecule is O=C(N[C@H]1C[C@@H]2C[C@H]1CN2C(=O)c1ccc(F)c(Cl)c1)c1ccccc1. The molecule has 2 bridgehead atoms. The van der Waals surface area contributed by atoms with Gasteiger partial charge in [-0.2, -0.15) is 0 Å².